The molecule has 0 radical (unpaired) electrons. The van der Waals surface area contributed by atoms with E-state index in [2.05, 4.69) is 32.7 Å². The van der Waals surface area contributed by atoms with E-state index in [4.69, 9.17) is 0 Å². The number of fused-ring (bicyclic) bond motifs is 1. The Kier molecular flexibility index (Phi) is 3.95. The lowest BCUT2D eigenvalue weighted by Gasteiger charge is -2.27. The van der Waals surface area contributed by atoms with Gasteiger partial charge >= 0.3 is 0 Å². The molecule has 1 aliphatic heterocycles. The Morgan fingerprint density at radius 1 is 1.33 bits per heavy atom. The summed E-state index contributed by atoms with van der Waals surface area (Å²) in [6, 6.07) is 7.52. The average molecular weight is 348 g/mol. The molecular formula is C16H18BrN3O. The Balaban J connectivity index is 1.95. The molecule has 1 aliphatic rings. The first-order chi connectivity index (χ1) is 10.1. The molecule has 1 aromatic carbocycles. The number of para-hydroxylation sites is 1. The van der Waals surface area contributed by atoms with Crippen molar-refractivity contribution < 1.29 is 0 Å². The second kappa shape index (κ2) is 5.73. The molecular weight excluding hydrogens is 330 g/mol. The fraction of sp³-hybridized carbons (Fsp3) is 0.375. The molecule has 0 fully saturated rings. The molecule has 0 unspecified atom stereocenters. The number of benzene rings is 1. The van der Waals surface area contributed by atoms with E-state index in [1.165, 1.54) is 10.1 Å². The van der Waals surface area contributed by atoms with Gasteiger partial charge in [0, 0.05) is 24.6 Å². The molecule has 21 heavy (non-hydrogen) atoms. The second-order valence-electron chi connectivity index (χ2n) is 5.56. The first-order valence-electron chi connectivity index (χ1n) is 7.07. The highest BCUT2D eigenvalue weighted by atomic mass is 79.9. The van der Waals surface area contributed by atoms with Crippen LogP contribution in [0.25, 0.3) is 10.9 Å². The Morgan fingerprint density at radius 2 is 2.10 bits per heavy atom. The number of rotatable bonds is 2. The molecule has 4 nitrogen and oxygen atoms in total. The third kappa shape index (κ3) is 2.80. The summed E-state index contributed by atoms with van der Waals surface area (Å²) in [5.74, 6) is 0.818. The van der Waals surface area contributed by atoms with Gasteiger partial charge in [-0.15, -0.1) is 0 Å². The van der Waals surface area contributed by atoms with Gasteiger partial charge in [0.2, 0.25) is 0 Å². The van der Waals surface area contributed by atoms with Gasteiger partial charge in [-0.25, -0.2) is 4.98 Å². The van der Waals surface area contributed by atoms with Crippen LogP contribution in [0.15, 0.2) is 39.1 Å². The van der Waals surface area contributed by atoms with E-state index in [9.17, 15) is 4.79 Å². The quantitative estimate of drug-likeness (QED) is 0.838. The van der Waals surface area contributed by atoms with Crippen molar-refractivity contribution in [1.29, 1.82) is 0 Å². The fourth-order valence-electron chi connectivity index (χ4n) is 2.61. The third-order valence-corrected chi connectivity index (χ3v) is 5.00. The smallest absolute Gasteiger partial charge is 0.261 e. The number of aromatic nitrogens is 2. The molecule has 5 heteroatoms. The van der Waals surface area contributed by atoms with Crippen molar-refractivity contribution in [3.63, 3.8) is 0 Å². The average Bonchev–Trinajstić information content (AvgIpc) is 2.48. The molecule has 1 aromatic heterocycles. The molecule has 0 atom stereocenters. The van der Waals surface area contributed by atoms with Gasteiger partial charge in [0.25, 0.3) is 5.56 Å². The summed E-state index contributed by atoms with van der Waals surface area (Å²) in [4.78, 5) is 19.4. The highest BCUT2D eigenvalue weighted by Gasteiger charge is 2.17. The molecule has 0 spiro atoms. The van der Waals surface area contributed by atoms with E-state index in [-0.39, 0.29) is 5.56 Å². The Morgan fingerprint density at radius 3 is 2.86 bits per heavy atom. The van der Waals surface area contributed by atoms with Crippen LogP contribution in [0, 0.1) is 0 Å². The van der Waals surface area contributed by atoms with Crippen LogP contribution >= 0.6 is 15.9 Å². The van der Waals surface area contributed by atoms with E-state index in [1.807, 2.05) is 24.3 Å². The van der Waals surface area contributed by atoms with Crippen LogP contribution in [0.2, 0.25) is 0 Å². The van der Waals surface area contributed by atoms with Crippen LogP contribution in [-0.4, -0.2) is 27.5 Å². The van der Waals surface area contributed by atoms with Crippen LogP contribution in [0.1, 0.15) is 19.2 Å². The summed E-state index contributed by atoms with van der Waals surface area (Å²) in [6.07, 6.45) is 1.06. The maximum atomic E-state index is 12.4. The van der Waals surface area contributed by atoms with Gasteiger partial charge in [-0.2, -0.15) is 0 Å². The van der Waals surface area contributed by atoms with Crippen molar-refractivity contribution in [2.75, 3.05) is 13.1 Å². The molecule has 0 saturated heterocycles. The van der Waals surface area contributed by atoms with Crippen LogP contribution in [0.3, 0.4) is 0 Å². The van der Waals surface area contributed by atoms with E-state index >= 15 is 0 Å². The zero-order valence-corrected chi connectivity index (χ0v) is 13.9. The summed E-state index contributed by atoms with van der Waals surface area (Å²) in [5.41, 5.74) is 2.21. The second-order valence-corrected chi connectivity index (χ2v) is 6.51. The van der Waals surface area contributed by atoms with Crippen LogP contribution in [0.4, 0.5) is 0 Å². The number of nitrogens with zero attached hydrogens (tertiary/aromatic N) is 3. The molecule has 3 rings (SSSR count). The highest BCUT2D eigenvalue weighted by molar-refractivity contribution is 9.11. The minimum absolute atomic E-state index is 0.0263. The lowest BCUT2D eigenvalue weighted by Crippen LogP contribution is -2.33. The summed E-state index contributed by atoms with van der Waals surface area (Å²) >= 11 is 3.63. The number of hydrogen-bond donors (Lipinski definition) is 0. The Labute approximate surface area is 132 Å². The minimum Gasteiger partial charge on any atom is -0.298 e. The van der Waals surface area contributed by atoms with Gasteiger partial charge in [-0.3, -0.25) is 14.3 Å². The van der Waals surface area contributed by atoms with Crippen molar-refractivity contribution in [3.8, 4) is 0 Å². The SMILES string of the molecule is CC1=C(Br)CN(Cc2nc3ccccc3c(=O)n2C)CC1. The lowest BCUT2D eigenvalue weighted by atomic mass is 10.1. The van der Waals surface area contributed by atoms with Gasteiger partial charge in [0.15, 0.2) is 0 Å². The zero-order valence-electron chi connectivity index (χ0n) is 12.3. The molecule has 0 bridgehead atoms. The van der Waals surface area contributed by atoms with Gasteiger partial charge in [-0.1, -0.05) is 33.6 Å². The van der Waals surface area contributed by atoms with Crippen molar-refractivity contribution in [1.82, 2.24) is 14.5 Å². The van der Waals surface area contributed by atoms with E-state index in [0.29, 0.717) is 11.9 Å². The standard InChI is InChI=1S/C16H18BrN3O/c1-11-7-8-20(9-13(11)17)10-15-18-14-6-4-3-5-12(14)16(21)19(15)2/h3-6H,7-10H2,1-2H3. The first-order valence-corrected chi connectivity index (χ1v) is 7.86. The highest BCUT2D eigenvalue weighted by Crippen LogP contribution is 2.23. The maximum Gasteiger partial charge on any atom is 0.261 e. The number of hydrogen-bond acceptors (Lipinski definition) is 3. The van der Waals surface area contributed by atoms with Gasteiger partial charge in [0.05, 0.1) is 17.4 Å². The topological polar surface area (TPSA) is 38.1 Å². The molecule has 0 amide bonds. The zero-order chi connectivity index (χ0) is 15.0. The molecule has 110 valence electrons. The molecule has 0 N–H and O–H groups in total. The van der Waals surface area contributed by atoms with Crippen LogP contribution in [0.5, 0.6) is 0 Å². The van der Waals surface area contributed by atoms with Crippen molar-refractivity contribution in [2.24, 2.45) is 7.05 Å². The van der Waals surface area contributed by atoms with Gasteiger partial charge in [0.1, 0.15) is 5.82 Å². The molecule has 0 aliphatic carbocycles. The van der Waals surface area contributed by atoms with Gasteiger partial charge in [-0.05, 0) is 25.5 Å². The summed E-state index contributed by atoms with van der Waals surface area (Å²) in [7, 11) is 1.80. The molecule has 2 heterocycles. The van der Waals surface area contributed by atoms with E-state index in [0.717, 1.165) is 30.9 Å². The monoisotopic (exact) mass is 347 g/mol. The van der Waals surface area contributed by atoms with Crippen LogP contribution in [-0.2, 0) is 13.6 Å². The summed E-state index contributed by atoms with van der Waals surface area (Å²) in [6.45, 7) is 4.74. The Hall–Kier alpha value is -1.46. The largest absolute Gasteiger partial charge is 0.298 e. The van der Waals surface area contributed by atoms with Crippen LogP contribution < -0.4 is 5.56 Å². The Bertz CT molecular complexity index is 779. The fourth-order valence-corrected chi connectivity index (χ4v) is 3.16. The van der Waals surface area contributed by atoms with E-state index < -0.39 is 0 Å². The van der Waals surface area contributed by atoms with E-state index in [1.54, 1.807) is 11.6 Å². The third-order valence-electron chi connectivity index (χ3n) is 4.07. The lowest BCUT2D eigenvalue weighted by molar-refractivity contribution is 0.273. The summed E-state index contributed by atoms with van der Waals surface area (Å²) in [5, 5.41) is 0.680. The molecule has 0 saturated carbocycles. The van der Waals surface area contributed by atoms with Gasteiger partial charge < -0.3 is 0 Å². The van der Waals surface area contributed by atoms with Crippen molar-refractivity contribution in [3.05, 3.63) is 50.5 Å². The van der Waals surface area contributed by atoms with Crippen molar-refractivity contribution in [2.45, 2.75) is 19.9 Å². The predicted octanol–water partition coefficient (Wildman–Crippen LogP) is 2.81. The first kappa shape index (κ1) is 14.5. The maximum absolute atomic E-state index is 12.4. The summed E-state index contributed by atoms with van der Waals surface area (Å²) < 4.78 is 2.92. The molecule has 2 aromatic rings. The van der Waals surface area contributed by atoms with Crippen molar-refractivity contribution >= 4 is 26.8 Å². The number of halogens is 1. The predicted molar refractivity (Wildman–Crippen MR) is 88.5 cm³/mol. The normalized spacial score (nSPS) is 16.7. The minimum atomic E-state index is 0.0263.